The van der Waals surface area contributed by atoms with Gasteiger partial charge in [0.1, 0.15) is 0 Å². The van der Waals surface area contributed by atoms with Crippen LogP contribution in [0.4, 0.5) is 26.3 Å². The highest BCUT2D eigenvalue weighted by molar-refractivity contribution is 5.29. The van der Waals surface area contributed by atoms with Crippen LogP contribution in [0.25, 0.3) is 0 Å². The third-order valence-corrected chi connectivity index (χ3v) is 5.00. The molecule has 1 atom stereocenters. The fraction of sp³-hybridized carbons (Fsp3) is 0.579. The summed E-state index contributed by atoms with van der Waals surface area (Å²) in [5.41, 5.74) is -0.120. The summed E-state index contributed by atoms with van der Waals surface area (Å²) in [6.07, 6.45) is -1.91. The molecule has 1 aliphatic carbocycles. The fourth-order valence-corrected chi connectivity index (χ4v) is 3.47. The van der Waals surface area contributed by atoms with E-state index in [-0.39, 0.29) is 5.92 Å². The minimum Gasteiger partial charge on any atom is -0.230 e. The van der Waals surface area contributed by atoms with Gasteiger partial charge in [-0.15, -0.1) is 6.58 Å². The Morgan fingerprint density at radius 3 is 2.04 bits per heavy atom. The Kier molecular flexibility index (Phi) is 6.22. The summed E-state index contributed by atoms with van der Waals surface area (Å²) >= 11 is 0. The van der Waals surface area contributed by atoms with Crippen LogP contribution in [0.5, 0.6) is 0 Å². The molecule has 1 aromatic carbocycles. The zero-order chi connectivity index (χ0) is 18.7. The normalized spacial score (nSPS) is 23.3. The number of hydrogen-bond acceptors (Lipinski definition) is 0. The van der Waals surface area contributed by atoms with E-state index in [9.17, 15) is 26.3 Å². The molecule has 0 aromatic heterocycles. The fourth-order valence-electron chi connectivity index (χ4n) is 3.47. The van der Waals surface area contributed by atoms with Gasteiger partial charge in [-0.1, -0.05) is 30.3 Å². The highest BCUT2D eigenvalue weighted by atomic mass is 19.4. The van der Waals surface area contributed by atoms with Gasteiger partial charge >= 0.3 is 12.1 Å². The molecule has 0 N–H and O–H groups in total. The van der Waals surface area contributed by atoms with Crippen LogP contribution in [0.15, 0.2) is 36.9 Å². The molecule has 0 saturated heterocycles. The second kappa shape index (κ2) is 7.83. The maximum atomic E-state index is 13.7. The van der Waals surface area contributed by atoms with E-state index in [0.717, 1.165) is 56.2 Å². The van der Waals surface area contributed by atoms with Gasteiger partial charge in [0.25, 0.3) is 6.17 Å². The molecule has 0 radical (unpaired) electrons. The number of alkyl halides is 6. The van der Waals surface area contributed by atoms with E-state index >= 15 is 0 Å². The second-order valence-corrected chi connectivity index (χ2v) is 6.73. The van der Waals surface area contributed by atoms with Crippen molar-refractivity contribution in [3.8, 4) is 0 Å². The largest absolute Gasteiger partial charge is 0.426 e. The summed E-state index contributed by atoms with van der Waals surface area (Å²) in [5, 5.41) is 0. The van der Waals surface area contributed by atoms with E-state index in [4.69, 9.17) is 0 Å². The van der Waals surface area contributed by atoms with Crippen molar-refractivity contribution < 1.29 is 26.3 Å². The first-order chi connectivity index (χ1) is 11.7. The monoisotopic (exact) mass is 364 g/mol. The van der Waals surface area contributed by atoms with E-state index in [2.05, 4.69) is 6.58 Å². The van der Waals surface area contributed by atoms with Crippen molar-refractivity contribution in [2.75, 3.05) is 0 Å². The molecule has 0 nitrogen and oxygen atoms in total. The zero-order valence-corrected chi connectivity index (χ0v) is 13.8. The molecule has 1 aliphatic rings. The Morgan fingerprint density at radius 1 is 1.00 bits per heavy atom. The average Bonchev–Trinajstić information content (AvgIpc) is 2.59. The summed E-state index contributed by atoms with van der Waals surface area (Å²) in [6.45, 7) is 3.70. The Bertz CT molecular complexity index is 552. The van der Waals surface area contributed by atoms with Gasteiger partial charge in [0.2, 0.25) is 0 Å². The molecule has 1 unspecified atom stereocenters. The van der Waals surface area contributed by atoms with Crippen LogP contribution in [0.2, 0.25) is 0 Å². The first kappa shape index (κ1) is 19.9. The van der Waals surface area contributed by atoms with Gasteiger partial charge in [-0.25, -0.2) is 4.39 Å². The predicted octanol–water partition coefficient (Wildman–Crippen LogP) is 6.92. The van der Waals surface area contributed by atoms with Crippen molar-refractivity contribution in [1.29, 1.82) is 0 Å². The summed E-state index contributed by atoms with van der Waals surface area (Å²) < 4.78 is 77.3. The van der Waals surface area contributed by atoms with Gasteiger partial charge < -0.3 is 0 Å². The van der Waals surface area contributed by atoms with E-state index < -0.39 is 23.8 Å². The maximum Gasteiger partial charge on any atom is 0.426 e. The average molecular weight is 364 g/mol. The highest BCUT2D eigenvalue weighted by Crippen LogP contribution is 2.43. The van der Waals surface area contributed by atoms with E-state index in [1.807, 2.05) is 6.08 Å². The van der Waals surface area contributed by atoms with Crippen molar-refractivity contribution in [3.63, 3.8) is 0 Å². The number of hydrogen-bond donors (Lipinski definition) is 0. The molecule has 0 spiro atoms. The van der Waals surface area contributed by atoms with Crippen molar-refractivity contribution in [2.24, 2.45) is 5.92 Å². The summed E-state index contributed by atoms with van der Waals surface area (Å²) in [5.74, 6) is -3.73. The Hall–Kier alpha value is -1.46. The van der Waals surface area contributed by atoms with E-state index in [0.29, 0.717) is 5.92 Å². The quantitative estimate of drug-likeness (QED) is 0.380. The predicted molar refractivity (Wildman–Crippen MR) is 85.4 cm³/mol. The third-order valence-electron chi connectivity index (χ3n) is 5.00. The van der Waals surface area contributed by atoms with Crippen LogP contribution in [0.3, 0.4) is 0 Å². The van der Waals surface area contributed by atoms with E-state index in [1.165, 1.54) is 12.1 Å². The lowest BCUT2D eigenvalue weighted by Crippen LogP contribution is -2.39. The molecule has 1 saturated carbocycles. The lowest BCUT2D eigenvalue weighted by Gasteiger charge is -2.29. The SMILES string of the molecule is C=CCCC1CCC(c2ccc(C(F)(F)C(F)C(F)(F)F)cc2)CC1. The standard InChI is InChI=1S/C19H22F6/c1-2-3-4-13-5-7-14(8-6-13)15-9-11-16(12-10-15)18(21,22)17(20)19(23,24)25/h2,9-14,17H,1,3-8H2. The van der Waals surface area contributed by atoms with Crippen molar-refractivity contribution in [1.82, 2.24) is 0 Å². The molecule has 6 heteroatoms. The highest BCUT2D eigenvalue weighted by Gasteiger charge is 2.57. The molecule has 0 heterocycles. The smallest absolute Gasteiger partial charge is 0.230 e. The van der Waals surface area contributed by atoms with Gasteiger partial charge in [0.05, 0.1) is 0 Å². The first-order valence-electron chi connectivity index (χ1n) is 8.46. The summed E-state index contributed by atoms with van der Waals surface area (Å²) in [4.78, 5) is 0. The summed E-state index contributed by atoms with van der Waals surface area (Å²) in [6, 6.07) is 4.64. The van der Waals surface area contributed by atoms with Gasteiger partial charge in [0, 0.05) is 5.56 Å². The molecular weight excluding hydrogens is 342 g/mol. The molecule has 2 rings (SSSR count). The van der Waals surface area contributed by atoms with E-state index in [1.54, 1.807) is 0 Å². The number of rotatable bonds is 6. The number of halogens is 6. The van der Waals surface area contributed by atoms with Crippen molar-refractivity contribution >= 4 is 0 Å². The minimum absolute atomic E-state index is 0.214. The first-order valence-corrected chi connectivity index (χ1v) is 8.46. The zero-order valence-electron chi connectivity index (χ0n) is 13.8. The molecule has 0 amide bonds. The van der Waals surface area contributed by atoms with Gasteiger partial charge in [0.15, 0.2) is 0 Å². The Labute approximate surface area is 143 Å². The molecule has 1 fully saturated rings. The van der Waals surface area contributed by atoms with Crippen molar-refractivity contribution in [2.45, 2.75) is 62.7 Å². The van der Waals surface area contributed by atoms with Crippen LogP contribution in [0.1, 0.15) is 55.6 Å². The second-order valence-electron chi connectivity index (χ2n) is 6.73. The van der Waals surface area contributed by atoms with Crippen LogP contribution in [0, 0.1) is 5.92 Å². The molecule has 0 aliphatic heterocycles. The minimum atomic E-state index is -5.59. The number of benzene rings is 1. The molecule has 1 aromatic rings. The topological polar surface area (TPSA) is 0 Å². The lowest BCUT2D eigenvalue weighted by molar-refractivity contribution is -0.248. The summed E-state index contributed by atoms with van der Waals surface area (Å²) in [7, 11) is 0. The van der Waals surface area contributed by atoms with Crippen LogP contribution in [-0.2, 0) is 5.92 Å². The molecular formula is C19H22F6. The van der Waals surface area contributed by atoms with Crippen LogP contribution >= 0.6 is 0 Å². The van der Waals surface area contributed by atoms with Gasteiger partial charge in [-0.3, -0.25) is 0 Å². The molecule has 25 heavy (non-hydrogen) atoms. The van der Waals surface area contributed by atoms with Gasteiger partial charge in [-0.2, -0.15) is 22.0 Å². The Balaban J connectivity index is 2.02. The third kappa shape index (κ3) is 4.79. The lowest BCUT2D eigenvalue weighted by atomic mass is 9.77. The molecule has 140 valence electrons. The van der Waals surface area contributed by atoms with Crippen LogP contribution < -0.4 is 0 Å². The number of allylic oxidation sites excluding steroid dienone is 1. The Morgan fingerprint density at radius 2 is 1.56 bits per heavy atom. The molecule has 0 bridgehead atoms. The van der Waals surface area contributed by atoms with Crippen molar-refractivity contribution in [3.05, 3.63) is 48.0 Å². The van der Waals surface area contributed by atoms with Gasteiger partial charge in [-0.05, 0) is 55.9 Å². The maximum absolute atomic E-state index is 13.7. The van der Waals surface area contributed by atoms with Crippen LogP contribution in [-0.4, -0.2) is 12.3 Å².